The van der Waals surface area contributed by atoms with Gasteiger partial charge in [0.1, 0.15) is 0 Å². The van der Waals surface area contributed by atoms with E-state index in [-0.39, 0.29) is 16.2 Å². The zero-order chi connectivity index (χ0) is 12.3. The lowest BCUT2D eigenvalue weighted by Crippen LogP contribution is -2.13. The summed E-state index contributed by atoms with van der Waals surface area (Å²) in [5.41, 5.74) is 0.215. The number of aromatic amines is 1. The van der Waals surface area contributed by atoms with Gasteiger partial charge in [-0.25, -0.2) is 0 Å². The van der Waals surface area contributed by atoms with Crippen molar-refractivity contribution in [2.45, 2.75) is 25.5 Å². The van der Waals surface area contributed by atoms with Gasteiger partial charge in [0.05, 0.1) is 22.6 Å². The zero-order valence-electron chi connectivity index (χ0n) is 9.44. The van der Waals surface area contributed by atoms with Crippen molar-refractivity contribution in [3.05, 3.63) is 28.1 Å². The Labute approximate surface area is 97.8 Å². The van der Waals surface area contributed by atoms with Crippen molar-refractivity contribution in [3.8, 4) is 0 Å². The number of nitrogens with zero attached hydrogens (tertiary/aromatic N) is 1. The van der Waals surface area contributed by atoms with Gasteiger partial charge in [0, 0.05) is 10.8 Å². The van der Waals surface area contributed by atoms with E-state index in [1.54, 1.807) is 0 Å². The molecule has 0 atom stereocenters. The zero-order valence-corrected chi connectivity index (χ0v) is 10.3. The molecule has 88 valence electrons. The first-order valence-electron chi connectivity index (χ1n) is 4.79. The molecule has 0 amide bonds. The molecule has 1 aromatic rings. The molecule has 0 aliphatic heterocycles. The molecule has 0 aromatic carbocycles. The van der Waals surface area contributed by atoms with Crippen molar-refractivity contribution in [1.82, 2.24) is 4.98 Å². The van der Waals surface area contributed by atoms with Gasteiger partial charge in [0.2, 0.25) is 0 Å². The number of carbonyl (C=O) groups is 1. The summed E-state index contributed by atoms with van der Waals surface area (Å²) in [6.45, 7) is 6.05. The molecule has 0 fully saturated rings. The number of H-pyrrole nitrogens is 1. The highest BCUT2D eigenvalue weighted by molar-refractivity contribution is 8.01. The lowest BCUT2D eigenvalue weighted by molar-refractivity contribution is -0.384. The van der Waals surface area contributed by atoms with Crippen molar-refractivity contribution in [3.63, 3.8) is 0 Å². The first-order chi connectivity index (χ1) is 7.29. The van der Waals surface area contributed by atoms with E-state index in [0.29, 0.717) is 11.4 Å². The number of ketones is 1. The maximum atomic E-state index is 11.7. The fourth-order valence-electron chi connectivity index (χ4n) is 1.01. The number of thioether (sulfide) groups is 1. The fraction of sp³-hybridized carbons (Fsp3) is 0.500. The predicted octanol–water partition coefficient (Wildman–Crippen LogP) is 2.64. The highest BCUT2D eigenvalue weighted by Gasteiger charge is 2.17. The van der Waals surface area contributed by atoms with E-state index >= 15 is 0 Å². The predicted molar refractivity (Wildman–Crippen MR) is 64.0 cm³/mol. The summed E-state index contributed by atoms with van der Waals surface area (Å²) < 4.78 is 0.00812. The first kappa shape index (κ1) is 12.8. The van der Waals surface area contributed by atoms with E-state index < -0.39 is 4.92 Å². The molecule has 1 rings (SSSR count). The van der Waals surface area contributed by atoms with Gasteiger partial charge in [-0.3, -0.25) is 14.9 Å². The van der Waals surface area contributed by atoms with Gasteiger partial charge in [-0.05, 0) is 0 Å². The quantitative estimate of drug-likeness (QED) is 0.500. The number of hydrogen-bond acceptors (Lipinski definition) is 4. The van der Waals surface area contributed by atoms with Crippen LogP contribution in [-0.2, 0) is 0 Å². The molecule has 0 aliphatic rings. The Hall–Kier alpha value is -1.30. The number of nitrogens with one attached hydrogen (secondary N) is 1. The van der Waals surface area contributed by atoms with Crippen molar-refractivity contribution in [2.24, 2.45) is 0 Å². The molecular weight excluding hydrogens is 228 g/mol. The largest absolute Gasteiger partial charge is 0.353 e. The summed E-state index contributed by atoms with van der Waals surface area (Å²) in [7, 11) is 0. The van der Waals surface area contributed by atoms with E-state index in [4.69, 9.17) is 0 Å². The molecule has 0 radical (unpaired) electrons. The molecule has 6 heteroatoms. The lowest BCUT2D eigenvalue weighted by Gasteiger charge is -2.16. The second-order valence-electron chi connectivity index (χ2n) is 4.35. The Morgan fingerprint density at radius 3 is 2.62 bits per heavy atom. The number of carbonyl (C=O) groups excluding carboxylic acids is 1. The second kappa shape index (κ2) is 4.69. The van der Waals surface area contributed by atoms with Crippen molar-refractivity contribution in [1.29, 1.82) is 0 Å². The standard InChI is InChI=1S/C10H14N2O3S/c1-10(2,3)16-6-9(13)8-4-7(5-11-8)12(14)15/h4-5,11H,6H2,1-3H3. The third-order valence-electron chi connectivity index (χ3n) is 1.82. The molecule has 0 saturated carbocycles. The van der Waals surface area contributed by atoms with Gasteiger partial charge in [-0.1, -0.05) is 20.8 Å². The van der Waals surface area contributed by atoms with Crippen LogP contribution in [0.5, 0.6) is 0 Å². The van der Waals surface area contributed by atoms with E-state index in [0.717, 1.165) is 0 Å². The number of Topliss-reactive ketones (excluding diaryl/α,β-unsaturated/α-hetero) is 1. The van der Waals surface area contributed by atoms with Crippen LogP contribution in [0.15, 0.2) is 12.3 Å². The van der Waals surface area contributed by atoms with Crippen LogP contribution in [0.25, 0.3) is 0 Å². The number of hydrogen-bond donors (Lipinski definition) is 1. The van der Waals surface area contributed by atoms with Gasteiger partial charge in [-0.15, -0.1) is 11.8 Å². The third kappa shape index (κ3) is 3.69. The first-order valence-corrected chi connectivity index (χ1v) is 5.78. The summed E-state index contributed by atoms with van der Waals surface area (Å²) in [5, 5.41) is 10.4. The molecule has 0 bridgehead atoms. The molecule has 5 nitrogen and oxygen atoms in total. The maximum Gasteiger partial charge on any atom is 0.287 e. The minimum Gasteiger partial charge on any atom is -0.353 e. The van der Waals surface area contributed by atoms with Crippen LogP contribution >= 0.6 is 11.8 Å². The van der Waals surface area contributed by atoms with Crippen molar-refractivity contribution in [2.75, 3.05) is 5.75 Å². The topological polar surface area (TPSA) is 76.0 Å². The molecule has 1 heterocycles. The molecular formula is C10H14N2O3S. The number of rotatable bonds is 4. The average Bonchev–Trinajstić information content (AvgIpc) is 2.61. The lowest BCUT2D eigenvalue weighted by atomic mass is 10.3. The van der Waals surface area contributed by atoms with E-state index in [2.05, 4.69) is 4.98 Å². The second-order valence-corrected chi connectivity index (χ2v) is 6.15. The highest BCUT2D eigenvalue weighted by atomic mass is 32.2. The summed E-state index contributed by atoms with van der Waals surface area (Å²) in [6, 6.07) is 1.27. The van der Waals surface area contributed by atoms with Crippen LogP contribution < -0.4 is 0 Å². The molecule has 0 unspecified atom stereocenters. The number of aromatic nitrogens is 1. The fourth-order valence-corrected chi connectivity index (χ4v) is 1.73. The van der Waals surface area contributed by atoms with E-state index in [1.165, 1.54) is 24.0 Å². The Morgan fingerprint density at radius 2 is 2.19 bits per heavy atom. The molecule has 0 spiro atoms. The average molecular weight is 242 g/mol. The molecule has 0 aliphatic carbocycles. The van der Waals surface area contributed by atoms with Gasteiger partial charge >= 0.3 is 0 Å². The summed E-state index contributed by atoms with van der Waals surface area (Å²) in [5.74, 6) is 0.203. The van der Waals surface area contributed by atoms with E-state index in [1.807, 2.05) is 20.8 Å². The van der Waals surface area contributed by atoms with Gasteiger partial charge in [0.25, 0.3) is 5.69 Å². The summed E-state index contributed by atoms with van der Waals surface area (Å²) in [6.07, 6.45) is 1.23. The Balaban J connectivity index is 2.63. The van der Waals surface area contributed by atoms with Gasteiger partial charge in [-0.2, -0.15) is 0 Å². The SMILES string of the molecule is CC(C)(C)SCC(=O)c1cc([N+](=O)[O-])c[nH]1. The van der Waals surface area contributed by atoms with Crippen LogP contribution in [0, 0.1) is 10.1 Å². The van der Waals surface area contributed by atoms with Crippen molar-refractivity contribution < 1.29 is 9.72 Å². The summed E-state index contributed by atoms with van der Waals surface area (Å²) >= 11 is 1.51. The monoisotopic (exact) mass is 242 g/mol. The molecule has 16 heavy (non-hydrogen) atoms. The van der Waals surface area contributed by atoms with Crippen LogP contribution in [0.2, 0.25) is 0 Å². The normalized spacial score (nSPS) is 11.4. The Kier molecular flexibility index (Phi) is 3.74. The number of nitro groups is 1. The van der Waals surface area contributed by atoms with Crippen LogP contribution in [0.3, 0.4) is 0 Å². The van der Waals surface area contributed by atoms with E-state index in [9.17, 15) is 14.9 Å². The van der Waals surface area contributed by atoms with Gasteiger partial charge in [0.15, 0.2) is 5.78 Å². The Bertz CT molecular complexity index is 406. The van der Waals surface area contributed by atoms with Crippen LogP contribution in [0.1, 0.15) is 31.3 Å². The van der Waals surface area contributed by atoms with Crippen LogP contribution in [-0.4, -0.2) is 26.2 Å². The molecule has 1 N–H and O–H groups in total. The molecule has 0 saturated heterocycles. The highest BCUT2D eigenvalue weighted by Crippen LogP contribution is 2.24. The third-order valence-corrected chi connectivity index (χ3v) is 3.09. The van der Waals surface area contributed by atoms with Crippen molar-refractivity contribution >= 4 is 23.2 Å². The van der Waals surface area contributed by atoms with Crippen LogP contribution in [0.4, 0.5) is 5.69 Å². The minimum absolute atomic E-state index is 0.00812. The molecule has 1 aromatic heterocycles. The summed E-state index contributed by atoms with van der Waals surface area (Å²) in [4.78, 5) is 24.2. The minimum atomic E-state index is -0.524. The maximum absolute atomic E-state index is 11.7. The smallest absolute Gasteiger partial charge is 0.287 e. The Morgan fingerprint density at radius 1 is 1.56 bits per heavy atom. The van der Waals surface area contributed by atoms with Gasteiger partial charge < -0.3 is 4.98 Å².